The summed E-state index contributed by atoms with van der Waals surface area (Å²) in [6.45, 7) is 7.98. The van der Waals surface area contributed by atoms with Crippen molar-refractivity contribution in [2.24, 2.45) is 5.92 Å². The summed E-state index contributed by atoms with van der Waals surface area (Å²) < 4.78 is 11.8. The van der Waals surface area contributed by atoms with Crippen LogP contribution >= 0.6 is 0 Å². The lowest BCUT2D eigenvalue weighted by atomic mass is 9.83. The van der Waals surface area contributed by atoms with Crippen molar-refractivity contribution < 1.29 is 9.47 Å². The van der Waals surface area contributed by atoms with Gasteiger partial charge in [-0.25, -0.2) is 0 Å². The molecule has 1 N–H and O–H groups in total. The Morgan fingerprint density at radius 1 is 1.26 bits per heavy atom. The average molecular weight is 269 g/mol. The Morgan fingerprint density at radius 3 is 2.58 bits per heavy atom. The van der Waals surface area contributed by atoms with Crippen LogP contribution in [0, 0.1) is 5.92 Å². The van der Waals surface area contributed by atoms with Crippen LogP contribution in [-0.2, 0) is 9.47 Å². The van der Waals surface area contributed by atoms with E-state index in [1.165, 1.54) is 32.1 Å². The Kier molecular flexibility index (Phi) is 6.11. The highest BCUT2D eigenvalue weighted by atomic mass is 16.5. The largest absolute Gasteiger partial charge is 0.381 e. The number of rotatable bonds is 9. The lowest BCUT2D eigenvalue weighted by Crippen LogP contribution is -2.55. The molecule has 3 heteroatoms. The maximum absolute atomic E-state index is 6.24. The topological polar surface area (TPSA) is 30.5 Å². The minimum atomic E-state index is 0.0249. The van der Waals surface area contributed by atoms with Crippen LogP contribution in [-0.4, -0.2) is 38.0 Å². The van der Waals surface area contributed by atoms with Crippen molar-refractivity contribution >= 4 is 0 Å². The fourth-order valence-corrected chi connectivity index (χ4v) is 3.28. The standard InChI is InChI=1S/C16H31NO2/c1-3-11-17-15(8-7-14-5-6-14)16(19-4-2)9-12-18-13-10-16/h14-15,17H,3-13H2,1-2H3. The lowest BCUT2D eigenvalue weighted by molar-refractivity contribution is -0.128. The lowest BCUT2D eigenvalue weighted by Gasteiger charge is -2.43. The summed E-state index contributed by atoms with van der Waals surface area (Å²) in [5.74, 6) is 1.00. The first-order valence-electron chi connectivity index (χ1n) is 8.26. The van der Waals surface area contributed by atoms with Crippen molar-refractivity contribution in [2.45, 2.75) is 70.4 Å². The van der Waals surface area contributed by atoms with E-state index in [2.05, 4.69) is 19.2 Å². The van der Waals surface area contributed by atoms with Crippen molar-refractivity contribution in [3.05, 3.63) is 0 Å². The summed E-state index contributed by atoms with van der Waals surface area (Å²) >= 11 is 0. The van der Waals surface area contributed by atoms with Crippen molar-refractivity contribution in [1.82, 2.24) is 5.32 Å². The molecule has 0 aromatic rings. The minimum absolute atomic E-state index is 0.0249. The molecule has 1 saturated heterocycles. The predicted molar refractivity (Wildman–Crippen MR) is 78.4 cm³/mol. The van der Waals surface area contributed by atoms with Gasteiger partial charge in [-0.05, 0) is 38.6 Å². The zero-order chi connectivity index (χ0) is 13.6. The average Bonchev–Trinajstić information content (AvgIpc) is 3.24. The van der Waals surface area contributed by atoms with Crippen LogP contribution in [0.25, 0.3) is 0 Å². The number of ether oxygens (including phenoxy) is 2. The molecule has 0 spiro atoms. The van der Waals surface area contributed by atoms with E-state index in [1.807, 2.05) is 0 Å². The second kappa shape index (κ2) is 7.61. The van der Waals surface area contributed by atoms with Crippen LogP contribution < -0.4 is 5.32 Å². The number of hydrogen-bond donors (Lipinski definition) is 1. The number of nitrogens with one attached hydrogen (secondary N) is 1. The van der Waals surface area contributed by atoms with Gasteiger partial charge in [0.05, 0.1) is 5.60 Å². The molecule has 1 aliphatic heterocycles. The molecule has 3 nitrogen and oxygen atoms in total. The van der Waals surface area contributed by atoms with Gasteiger partial charge in [0.1, 0.15) is 0 Å². The molecule has 0 aromatic heterocycles. The van der Waals surface area contributed by atoms with Crippen molar-refractivity contribution in [3.63, 3.8) is 0 Å². The second-order valence-electron chi connectivity index (χ2n) is 6.14. The molecule has 112 valence electrons. The zero-order valence-corrected chi connectivity index (χ0v) is 12.7. The highest BCUT2D eigenvalue weighted by Gasteiger charge is 2.41. The van der Waals surface area contributed by atoms with E-state index in [4.69, 9.17) is 9.47 Å². The van der Waals surface area contributed by atoms with Crippen molar-refractivity contribution in [3.8, 4) is 0 Å². The molecule has 1 heterocycles. The Balaban J connectivity index is 1.96. The van der Waals surface area contributed by atoms with Crippen LogP contribution in [0.15, 0.2) is 0 Å². The maximum atomic E-state index is 6.24. The van der Waals surface area contributed by atoms with Gasteiger partial charge in [-0.15, -0.1) is 0 Å². The molecule has 1 atom stereocenters. The van der Waals surface area contributed by atoms with Crippen molar-refractivity contribution in [1.29, 1.82) is 0 Å². The van der Waals surface area contributed by atoms with E-state index in [0.717, 1.165) is 45.1 Å². The smallest absolute Gasteiger partial charge is 0.0878 e. The van der Waals surface area contributed by atoms with E-state index >= 15 is 0 Å². The third-order valence-electron chi connectivity index (χ3n) is 4.61. The molecule has 0 radical (unpaired) electrons. The van der Waals surface area contributed by atoms with E-state index in [-0.39, 0.29) is 5.60 Å². The van der Waals surface area contributed by atoms with Gasteiger partial charge < -0.3 is 14.8 Å². The molecule has 2 rings (SSSR count). The Hall–Kier alpha value is -0.120. The van der Waals surface area contributed by atoms with Gasteiger partial charge in [0.25, 0.3) is 0 Å². The third kappa shape index (κ3) is 4.44. The second-order valence-corrected chi connectivity index (χ2v) is 6.14. The van der Waals surface area contributed by atoms with E-state index in [9.17, 15) is 0 Å². The van der Waals surface area contributed by atoms with Gasteiger partial charge in [0, 0.05) is 38.7 Å². The highest BCUT2D eigenvalue weighted by molar-refractivity contribution is 4.96. The molecular weight excluding hydrogens is 238 g/mol. The maximum Gasteiger partial charge on any atom is 0.0878 e. The fourth-order valence-electron chi connectivity index (χ4n) is 3.28. The van der Waals surface area contributed by atoms with Crippen LogP contribution in [0.2, 0.25) is 0 Å². The summed E-state index contributed by atoms with van der Waals surface area (Å²) in [7, 11) is 0. The Morgan fingerprint density at radius 2 is 2.00 bits per heavy atom. The highest BCUT2D eigenvalue weighted by Crippen LogP contribution is 2.37. The number of hydrogen-bond acceptors (Lipinski definition) is 3. The summed E-state index contributed by atoms with van der Waals surface area (Å²) in [6.07, 6.45) is 8.83. The summed E-state index contributed by atoms with van der Waals surface area (Å²) in [5, 5.41) is 3.77. The monoisotopic (exact) mass is 269 g/mol. The molecule has 0 aromatic carbocycles. The van der Waals surface area contributed by atoms with Gasteiger partial charge in [0.15, 0.2) is 0 Å². The summed E-state index contributed by atoms with van der Waals surface area (Å²) in [6, 6.07) is 0.511. The molecule has 19 heavy (non-hydrogen) atoms. The van der Waals surface area contributed by atoms with Gasteiger partial charge in [-0.1, -0.05) is 19.8 Å². The molecule has 2 fully saturated rings. The first kappa shape index (κ1) is 15.3. The minimum Gasteiger partial charge on any atom is -0.381 e. The first-order valence-corrected chi connectivity index (χ1v) is 8.26. The van der Waals surface area contributed by atoms with E-state index in [0.29, 0.717) is 6.04 Å². The van der Waals surface area contributed by atoms with Crippen LogP contribution in [0.5, 0.6) is 0 Å². The van der Waals surface area contributed by atoms with Gasteiger partial charge in [-0.3, -0.25) is 0 Å². The molecule has 2 aliphatic rings. The zero-order valence-electron chi connectivity index (χ0n) is 12.7. The van der Waals surface area contributed by atoms with Crippen LogP contribution in [0.1, 0.15) is 58.8 Å². The summed E-state index contributed by atoms with van der Waals surface area (Å²) in [4.78, 5) is 0. The molecule has 1 unspecified atom stereocenters. The fraction of sp³-hybridized carbons (Fsp3) is 1.00. The summed E-state index contributed by atoms with van der Waals surface area (Å²) in [5.41, 5.74) is 0.0249. The normalized spacial score (nSPS) is 24.3. The first-order chi connectivity index (χ1) is 9.30. The quantitative estimate of drug-likeness (QED) is 0.697. The Bertz CT molecular complexity index is 242. The van der Waals surface area contributed by atoms with E-state index in [1.54, 1.807) is 0 Å². The van der Waals surface area contributed by atoms with E-state index < -0.39 is 0 Å². The molecule has 0 amide bonds. The predicted octanol–water partition coefficient (Wildman–Crippen LogP) is 3.13. The third-order valence-corrected chi connectivity index (χ3v) is 4.61. The van der Waals surface area contributed by atoms with Gasteiger partial charge in [0.2, 0.25) is 0 Å². The van der Waals surface area contributed by atoms with Gasteiger partial charge in [-0.2, -0.15) is 0 Å². The Labute approximate surface area is 118 Å². The van der Waals surface area contributed by atoms with Crippen molar-refractivity contribution in [2.75, 3.05) is 26.4 Å². The van der Waals surface area contributed by atoms with Crippen LogP contribution in [0.4, 0.5) is 0 Å². The SMILES string of the molecule is CCCNC(CCC1CC1)C1(OCC)CCOCC1. The molecule has 1 saturated carbocycles. The molecular formula is C16H31NO2. The molecule has 1 aliphatic carbocycles. The van der Waals surface area contributed by atoms with Gasteiger partial charge >= 0.3 is 0 Å². The van der Waals surface area contributed by atoms with Crippen LogP contribution in [0.3, 0.4) is 0 Å². The molecule has 0 bridgehead atoms.